The highest BCUT2D eigenvalue weighted by Gasteiger charge is 2.41. The number of unbranched alkanes of at least 4 members (excludes halogenated alkanes) is 1. The minimum atomic E-state index is -1.69. The van der Waals surface area contributed by atoms with Gasteiger partial charge in [0.15, 0.2) is 0 Å². The lowest BCUT2D eigenvalue weighted by atomic mass is 9.96. The second kappa shape index (κ2) is 30.7. The average Bonchev–Trinajstić information content (AvgIpc) is 3.84. The highest BCUT2D eigenvalue weighted by molar-refractivity contribution is 5.98. The van der Waals surface area contributed by atoms with Gasteiger partial charge >= 0.3 is 0 Å². The molecule has 0 aliphatic carbocycles. The van der Waals surface area contributed by atoms with E-state index in [1.165, 1.54) is 11.8 Å². The molecular weight excluding hydrogens is 949 g/mol. The van der Waals surface area contributed by atoms with Gasteiger partial charge in [0.2, 0.25) is 59.1 Å². The van der Waals surface area contributed by atoms with Crippen LogP contribution in [-0.2, 0) is 54.4 Å². The summed E-state index contributed by atoms with van der Waals surface area (Å²) in [7, 11) is 0. The number of nitrogens with one attached hydrogen (secondary N) is 8. The van der Waals surface area contributed by atoms with Crippen molar-refractivity contribution in [2.45, 2.75) is 173 Å². The molecule has 1 aliphatic rings. The van der Waals surface area contributed by atoms with Crippen LogP contribution >= 0.6 is 0 Å². The third-order valence-electron chi connectivity index (χ3n) is 12.6. The fourth-order valence-electron chi connectivity index (χ4n) is 7.98. The smallest absolute Gasteiger partial charge is 0.246 e. The quantitative estimate of drug-likeness (QED) is 0.0318. The van der Waals surface area contributed by atoms with Crippen LogP contribution in [0.1, 0.15) is 112 Å². The number of quaternary nitrogens is 1. The van der Waals surface area contributed by atoms with Crippen molar-refractivity contribution in [3.05, 3.63) is 35.9 Å². The third kappa shape index (κ3) is 20.7. The molecule has 10 atom stereocenters. The molecule has 0 spiro atoms. The molecule has 1 aromatic rings. The molecule has 1 aromatic carbocycles. The number of nitrogens with two attached hydrogens (primary N) is 2. The maximum absolute atomic E-state index is 14.4. The van der Waals surface area contributed by atoms with Crippen molar-refractivity contribution in [2.24, 2.45) is 23.3 Å². The molecule has 2 rings (SSSR count). The van der Waals surface area contributed by atoms with Crippen LogP contribution in [0.15, 0.2) is 30.3 Å². The number of hydrogen-bond donors (Lipinski definition) is 13. The molecule has 0 bridgehead atoms. The molecule has 1 heterocycles. The topological polar surface area (TPSA) is 390 Å². The molecule has 1 saturated heterocycles. The summed E-state index contributed by atoms with van der Waals surface area (Å²) in [5.74, 6) is -8.68. The molecule has 24 nitrogen and oxygen atoms in total. The molecule has 1 aliphatic heterocycles. The lowest BCUT2D eigenvalue weighted by molar-refractivity contribution is -0.368. The zero-order valence-corrected chi connectivity index (χ0v) is 43.7. The number of aliphatic hydroxyl groups is 2. The predicted molar refractivity (Wildman–Crippen MR) is 268 cm³/mol. The molecule has 17 N–H and O–H groups in total. The predicted octanol–water partition coefficient (Wildman–Crippen LogP) is -3.76. The Morgan fingerprint density at radius 1 is 0.740 bits per heavy atom. The lowest BCUT2D eigenvalue weighted by Gasteiger charge is -2.33. The van der Waals surface area contributed by atoms with E-state index in [-0.39, 0.29) is 44.7 Å². The fraction of sp³-hybridized carbons (Fsp3) is 0.673. The van der Waals surface area contributed by atoms with Gasteiger partial charge in [-0.1, -0.05) is 64.4 Å². The summed E-state index contributed by atoms with van der Waals surface area (Å²) in [6.07, 6.45) is -0.0295. The first-order valence-corrected chi connectivity index (χ1v) is 25.1. The lowest BCUT2D eigenvalue weighted by Crippen LogP contribution is -2.63. The highest BCUT2D eigenvalue weighted by Crippen LogP contribution is 2.22. The van der Waals surface area contributed by atoms with E-state index in [9.17, 15) is 58.2 Å². The van der Waals surface area contributed by atoms with E-state index in [1.807, 2.05) is 0 Å². The van der Waals surface area contributed by atoms with E-state index >= 15 is 0 Å². The normalized spacial score (nSPS) is 17.2. The summed E-state index contributed by atoms with van der Waals surface area (Å²) in [5.41, 5.74) is 14.9. The minimum absolute atomic E-state index is 0.0623. The number of likely N-dealkylation sites (tertiary alicyclic amines) is 1. The fourth-order valence-corrected chi connectivity index (χ4v) is 7.98. The number of amides is 10. The van der Waals surface area contributed by atoms with Crippen molar-refractivity contribution in [3.8, 4) is 0 Å². The van der Waals surface area contributed by atoms with Gasteiger partial charge in [-0.15, -0.1) is 0 Å². The van der Waals surface area contributed by atoms with E-state index in [0.717, 1.165) is 6.92 Å². The molecule has 0 radical (unpaired) electrons. The monoisotopic (exact) mass is 1030 g/mol. The van der Waals surface area contributed by atoms with Gasteiger partial charge in [-0.2, -0.15) is 0 Å². The van der Waals surface area contributed by atoms with Gasteiger partial charge in [0.05, 0.1) is 19.3 Å². The molecule has 0 saturated carbocycles. The molecule has 0 unspecified atom stereocenters. The first-order chi connectivity index (χ1) is 34.3. The summed E-state index contributed by atoms with van der Waals surface area (Å²) in [6.45, 7) is 12.9. The number of primary amides is 1. The molecule has 410 valence electrons. The summed E-state index contributed by atoms with van der Waals surface area (Å²) in [5, 5.41) is 41.4. The number of aliphatic hydroxyl groups excluding tert-OH is 2. The molecular formula is C49H83N12O12+. The Bertz CT molecular complexity index is 2040. The van der Waals surface area contributed by atoms with Crippen LogP contribution in [0.5, 0.6) is 0 Å². The van der Waals surface area contributed by atoms with Crippen molar-refractivity contribution in [2.75, 3.05) is 26.2 Å². The SMILES string of the molecule is CC[C@H](C)[C@H](NC(=O)[C@H](Cc1ccccc1)NC(=O)[C@@H](NC(=O)[C@H](CCCC[NH3+])NC(=O)[C@H](CO)NC(C)=O)[C@@H](C)O)C(=O)N[C@@H](CCC(N)=O)C(=O)N[C@H](C(=O)N1CCC[C@@H]1C(=O)NC(C)(C)CN)C(C)C. The van der Waals surface area contributed by atoms with Gasteiger partial charge in [0, 0.05) is 38.4 Å². The van der Waals surface area contributed by atoms with Gasteiger partial charge in [0.1, 0.15) is 48.3 Å². The number of benzene rings is 1. The third-order valence-corrected chi connectivity index (χ3v) is 12.6. The number of carbonyl (C=O) groups excluding carboxylic acids is 10. The summed E-state index contributed by atoms with van der Waals surface area (Å²) in [6, 6.07) is -2.03. The van der Waals surface area contributed by atoms with Crippen LogP contribution in [0.3, 0.4) is 0 Å². The largest absolute Gasteiger partial charge is 0.394 e. The van der Waals surface area contributed by atoms with E-state index in [0.29, 0.717) is 44.2 Å². The van der Waals surface area contributed by atoms with Crippen molar-refractivity contribution < 1.29 is 63.9 Å². The number of rotatable bonds is 31. The minimum Gasteiger partial charge on any atom is -0.394 e. The summed E-state index contributed by atoms with van der Waals surface area (Å²) in [4.78, 5) is 136. The number of nitrogens with zero attached hydrogens (tertiary/aromatic N) is 1. The van der Waals surface area contributed by atoms with Crippen molar-refractivity contribution in [1.29, 1.82) is 0 Å². The first-order valence-electron chi connectivity index (χ1n) is 25.1. The molecule has 1 fully saturated rings. The van der Waals surface area contributed by atoms with E-state index < -0.39 is 132 Å². The molecule has 73 heavy (non-hydrogen) atoms. The zero-order chi connectivity index (χ0) is 55.2. The Morgan fingerprint density at radius 3 is 1.81 bits per heavy atom. The standard InChI is InChI=1S/C49H82N12O12/c1-9-28(4)39(46(71)55-33(20-21-37(52)65)42(67)57-38(27(2)3)48(73)61-23-15-19-36(61)45(70)60-49(7,8)26-51)58-43(68)34(24-31-16-11-10-12-17-31)56-47(72)40(29(5)63)59-41(66)32(18-13-14-22-50)54-44(69)35(25-62)53-30(6)64/h10-12,16-17,27-29,32-36,38-40,62-63H,9,13-15,18-26,50-51H2,1-8H3,(H2,52,65)(H,53,64)(H,54,69)(H,55,71)(H,56,72)(H,57,67)(H,58,68)(H,59,66)(H,60,70)/p+1/t28-,29+,32-,33-,34-,35-,36+,38-,39-,40-/m0/s1. The zero-order valence-electron chi connectivity index (χ0n) is 43.7. The van der Waals surface area contributed by atoms with E-state index in [1.54, 1.807) is 71.9 Å². The molecule has 24 heteroatoms. The van der Waals surface area contributed by atoms with Gasteiger partial charge in [-0.05, 0) is 76.7 Å². The molecule has 10 amide bonds. The Labute approximate surface area is 428 Å². The molecule has 0 aromatic heterocycles. The maximum Gasteiger partial charge on any atom is 0.246 e. The van der Waals surface area contributed by atoms with Crippen LogP contribution in [-0.4, -0.2) is 160 Å². The van der Waals surface area contributed by atoms with Crippen LogP contribution in [0.2, 0.25) is 0 Å². The van der Waals surface area contributed by atoms with Crippen LogP contribution in [0, 0.1) is 11.8 Å². The van der Waals surface area contributed by atoms with E-state index in [4.69, 9.17) is 11.5 Å². The second-order valence-electron chi connectivity index (χ2n) is 19.8. The van der Waals surface area contributed by atoms with Gasteiger partial charge < -0.3 is 74.8 Å². The highest BCUT2D eigenvalue weighted by atomic mass is 16.3. The maximum atomic E-state index is 14.4. The Morgan fingerprint density at radius 2 is 1.27 bits per heavy atom. The van der Waals surface area contributed by atoms with Crippen LogP contribution in [0.4, 0.5) is 0 Å². The summed E-state index contributed by atoms with van der Waals surface area (Å²) >= 11 is 0. The van der Waals surface area contributed by atoms with Gasteiger partial charge in [-0.25, -0.2) is 0 Å². The number of hydrogen-bond acceptors (Lipinski definition) is 13. The average molecular weight is 1030 g/mol. The first kappa shape index (κ1) is 62.9. The Hall–Kier alpha value is -6.24. The second-order valence-corrected chi connectivity index (χ2v) is 19.8. The number of carbonyl (C=O) groups is 10. The Kier molecular flexibility index (Phi) is 26.5. The van der Waals surface area contributed by atoms with Crippen LogP contribution in [0.25, 0.3) is 0 Å². The van der Waals surface area contributed by atoms with Gasteiger partial charge in [-0.3, -0.25) is 47.9 Å². The van der Waals surface area contributed by atoms with Crippen molar-refractivity contribution >= 4 is 59.1 Å². The van der Waals surface area contributed by atoms with Crippen molar-refractivity contribution in [1.82, 2.24) is 47.4 Å². The van der Waals surface area contributed by atoms with E-state index in [2.05, 4.69) is 48.3 Å². The van der Waals surface area contributed by atoms with Crippen molar-refractivity contribution in [3.63, 3.8) is 0 Å². The Balaban J connectivity index is 2.45. The summed E-state index contributed by atoms with van der Waals surface area (Å²) < 4.78 is 0. The van der Waals surface area contributed by atoms with Crippen LogP contribution < -0.4 is 59.7 Å². The van der Waals surface area contributed by atoms with Gasteiger partial charge in [0.25, 0.3) is 0 Å².